The maximum Gasteiger partial charge on any atom is 0.226 e. The average Bonchev–Trinajstić information content (AvgIpc) is 3.26. The summed E-state index contributed by atoms with van der Waals surface area (Å²) in [6, 6.07) is 6.08. The molecule has 0 bridgehead atoms. The van der Waals surface area contributed by atoms with Gasteiger partial charge in [-0.1, -0.05) is 6.07 Å². The molecule has 6 heteroatoms. The first-order valence-electron chi connectivity index (χ1n) is 7.73. The van der Waals surface area contributed by atoms with Crippen LogP contribution in [-0.2, 0) is 22.5 Å². The van der Waals surface area contributed by atoms with Crippen molar-refractivity contribution in [1.29, 1.82) is 0 Å². The summed E-state index contributed by atoms with van der Waals surface area (Å²) in [4.78, 5) is 13.8. The molecular formula is C16H21N3O2S. The minimum Gasteiger partial charge on any atom is -0.371 e. The molecule has 1 amide bonds. The second kappa shape index (κ2) is 7.07. The van der Waals surface area contributed by atoms with Crippen LogP contribution in [0.4, 0.5) is 0 Å². The molecule has 2 aromatic heterocycles. The zero-order valence-corrected chi connectivity index (χ0v) is 13.5. The van der Waals surface area contributed by atoms with Crippen LogP contribution < -0.4 is 5.32 Å². The van der Waals surface area contributed by atoms with Gasteiger partial charge >= 0.3 is 0 Å². The minimum absolute atomic E-state index is 0.0860. The number of aryl methyl sites for hydroxylation is 1. The summed E-state index contributed by atoms with van der Waals surface area (Å²) in [5.74, 6) is -0.0340. The Hall–Kier alpha value is -1.66. The standard InChI is InChI=1S/C16H21N3O2S/c1-2-19-14(6-9-18-19)15-13(7-10-21-15)16(20)17-8-5-12-4-3-11-22-12/h3-4,6,9,11,13,15H,2,5,7-8,10H2,1H3,(H,17,20)/t13-,15-/m1/s1. The van der Waals surface area contributed by atoms with Crippen molar-refractivity contribution in [2.75, 3.05) is 13.2 Å². The molecule has 2 aromatic rings. The van der Waals surface area contributed by atoms with Gasteiger partial charge < -0.3 is 10.1 Å². The van der Waals surface area contributed by atoms with Gasteiger partial charge in [0.25, 0.3) is 0 Å². The predicted octanol–water partition coefficient (Wildman–Crippen LogP) is 2.40. The van der Waals surface area contributed by atoms with Crippen molar-refractivity contribution in [2.45, 2.75) is 32.4 Å². The van der Waals surface area contributed by atoms with Gasteiger partial charge in [0.2, 0.25) is 5.91 Å². The molecule has 0 saturated carbocycles. The third kappa shape index (κ3) is 3.23. The number of carbonyl (C=O) groups is 1. The predicted molar refractivity (Wildman–Crippen MR) is 85.7 cm³/mol. The molecule has 1 saturated heterocycles. The fourth-order valence-corrected chi connectivity index (χ4v) is 3.60. The number of rotatable bonds is 6. The first-order chi connectivity index (χ1) is 10.8. The van der Waals surface area contributed by atoms with Crippen LogP contribution in [0.5, 0.6) is 0 Å². The van der Waals surface area contributed by atoms with Gasteiger partial charge in [-0.3, -0.25) is 9.48 Å². The molecule has 1 N–H and O–H groups in total. The van der Waals surface area contributed by atoms with Gasteiger partial charge in [-0.05, 0) is 37.3 Å². The van der Waals surface area contributed by atoms with E-state index in [0.29, 0.717) is 13.2 Å². The quantitative estimate of drug-likeness (QED) is 0.889. The number of nitrogens with zero attached hydrogens (tertiary/aromatic N) is 2. The second-order valence-electron chi connectivity index (χ2n) is 5.38. The largest absolute Gasteiger partial charge is 0.371 e. The van der Waals surface area contributed by atoms with Crippen molar-refractivity contribution in [3.8, 4) is 0 Å². The molecule has 1 aliphatic heterocycles. The summed E-state index contributed by atoms with van der Waals surface area (Å²) in [5, 5.41) is 9.39. The highest BCUT2D eigenvalue weighted by atomic mass is 32.1. The Morgan fingerprint density at radius 1 is 1.55 bits per heavy atom. The molecule has 1 aliphatic rings. The molecule has 2 atom stereocenters. The second-order valence-corrected chi connectivity index (χ2v) is 6.41. The number of carbonyl (C=O) groups excluding carboxylic acids is 1. The van der Waals surface area contributed by atoms with E-state index in [9.17, 15) is 4.79 Å². The monoisotopic (exact) mass is 319 g/mol. The highest BCUT2D eigenvalue weighted by Crippen LogP contribution is 2.34. The fraction of sp³-hybridized carbons (Fsp3) is 0.500. The highest BCUT2D eigenvalue weighted by Gasteiger charge is 2.36. The summed E-state index contributed by atoms with van der Waals surface area (Å²) < 4.78 is 7.71. The summed E-state index contributed by atoms with van der Waals surface area (Å²) in [7, 11) is 0. The minimum atomic E-state index is -0.177. The SMILES string of the molecule is CCn1nccc1[C@@H]1OCC[C@H]1C(=O)NCCc1cccs1. The Morgan fingerprint density at radius 3 is 3.23 bits per heavy atom. The van der Waals surface area contributed by atoms with Crippen LogP contribution in [0.1, 0.15) is 30.0 Å². The van der Waals surface area contributed by atoms with Crippen molar-refractivity contribution in [3.05, 3.63) is 40.3 Å². The lowest BCUT2D eigenvalue weighted by molar-refractivity contribution is -0.126. The number of hydrogen-bond acceptors (Lipinski definition) is 4. The van der Waals surface area contributed by atoms with Crippen LogP contribution in [0.15, 0.2) is 29.8 Å². The Labute approximate surface area is 134 Å². The molecule has 0 unspecified atom stereocenters. The van der Waals surface area contributed by atoms with Crippen molar-refractivity contribution < 1.29 is 9.53 Å². The highest BCUT2D eigenvalue weighted by molar-refractivity contribution is 7.09. The van der Waals surface area contributed by atoms with Gasteiger partial charge in [0.1, 0.15) is 6.10 Å². The molecule has 0 radical (unpaired) electrons. The first-order valence-corrected chi connectivity index (χ1v) is 8.61. The van der Waals surface area contributed by atoms with Crippen molar-refractivity contribution >= 4 is 17.2 Å². The van der Waals surface area contributed by atoms with E-state index in [-0.39, 0.29) is 17.9 Å². The number of nitrogens with one attached hydrogen (secondary N) is 1. The van der Waals surface area contributed by atoms with Crippen LogP contribution in [0, 0.1) is 5.92 Å². The van der Waals surface area contributed by atoms with E-state index in [0.717, 1.165) is 25.1 Å². The maximum absolute atomic E-state index is 12.5. The van der Waals surface area contributed by atoms with Crippen molar-refractivity contribution in [1.82, 2.24) is 15.1 Å². The van der Waals surface area contributed by atoms with Crippen molar-refractivity contribution in [2.24, 2.45) is 5.92 Å². The molecule has 118 valence electrons. The lowest BCUT2D eigenvalue weighted by Gasteiger charge is -2.19. The number of thiophene rings is 1. The van der Waals surface area contributed by atoms with Gasteiger partial charge in [-0.2, -0.15) is 5.10 Å². The molecular weight excluding hydrogens is 298 g/mol. The van der Waals surface area contributed by atoms with Crippen molar-refractivity contribution in [3.63, 3.8) is 0 Å². The molecule has 0 aliphatic carbocycles. The third-order valence-electron chi connectivity index (χ3n) is 4.02. The summed E-state index contributed by atoms with van der Waals surface area (Å²) in [6.07, 6.45) is 3.25. The third-order valence-corrected chi connectivity index (χ3v) is 4.96. The number of amides is 1. The van der Waals surface area contributed by atoms with Crippen LogP contribution in [0.25, 0.3) is 0 Å². The van der Waals surface area contributed by atoms with E-state index in [1.807, 2.05) is 23.7 Å². The lowest BCUT2D eigenvalue weighted by atomic mass is 9.98. The van der Waals surface area contributed by atoms with E-state index >= 15 is 0 Å². The zero-order valence-electron chi connectivity index (χ0n) is 12.7. The van der Waals surface area contributed by atoms with Crippen LogP contribution in [0.3, 0.4) is 0 Å². The van der Waals surface area contributed by atoms with E-state index in [2.05, 4.69) is 21.9 Å². The number of ether oxygens (including phenoxy) is 1. The van der Waals surface area contributed by atoms with Gasteiger partial charge in [0, 0.05) is 30.8 Å². The average molecular weight is 319 g/mol. The number of hydrogen-bond donors (Lipinski definition) is 1. The van der Waals surface area contributed by atoms with Crippen LogP contribution in [-0.4, -0.2) is 28.8 Å². The molecule has 5 nitrogen and oxygen atoms in total. The van der Waals surface area contributed by atoms with Gasteiger partial charge in [-0.15, -0.1) is 11.3 Å². The topological polar surface area (TPSA) is 56.2 Å². The summed E-state index contributed by atoms with van der Waals surface area (Å²) in [5.41, 5.74) is 0.999. The molecule has 0 spiro atoms. The molecule has 3 heterocycles. The lowest BCUT2D eigenvalue weighted by Crippen LogP contribution is -2.34. The normalized spacial score (nSPS) is 21.1. The smallest absolute Gasteiger partial charge is 0.226 e. The Balaban J connectivity index is 1.59. The van der Waals surface area contributed by atoms with E-state index in [1.54, 1.807) is 17.5 Å². The van der Waals surface area contributed by atoms with Crippen LogP contribution >= 0.6 is 11.3 Å². The Bertz CT molecular complexity index is 609. The molecule has 22 heavy (non-hydrogen) atoms. The van der Waals surface area contributed by atoms with Gasteiger partial charge in [0.15, 0.2) is 0 Å². The summed E-state index contributed by atoms with van der Waals surface area (Å²) in [6.45, 7) is 4.13. The van der Waals surface area contributed by atoms with E-state index < -0.39 is 0 Å². The summed E-state index contributed by atoms with van der Waals surface area (Å²) >= 11 is 1.72. The maximum atomic E-state index is 12.5. The van der Waals surface area contributed by atoms with E-state index in [1.165, 1.54) is 4.88 Å². The Morgan fingerprint density at radius 2 is 2.45 bits per heavy atom. The zero-order chi connectivity index (χ0) is 15.4. The van der Waals surface area contributed by atoms with E-state index in [4.69, 9.17) is 4.74 Å². The fourth-order valence-electron chi connectivity index (χ4n) is 2.89. The van der Waals surface area contributed by atoms with Gasteiger partial charge in [-0.25, -0.2) is 0 Å². The first kappa shape index (κ1) is 15.2. The van der Waals surface area contributed by atoms with Crippen LogP contribution in [0.2, 0.25) is 0 Å². The molecule has 1 fully saturated rings. The molecule has 3 rings (SSSR count). The number of aromatic nitrogens is 2. The molecule has 0 aromatic carbocycles. The van der Waals surface area contributed by atoms with Gasteiger partial charge in [0.05, 0.1) is 11.6 Å². The Kier molecular flexibility index (Phi) is 4.90.